The molecule has 0 bridgehead atoms. The van der Waals surface area contributed by atoms with Gasteiger partial charge < -0.3 is 10.2 Å². The molecule has 0 aromatic rings. The molecule has 4 rings (SSSR count). The zero-order valence-electron chi connectivity index (χ0n) is 22.4. The van der Waals surface area contributed by atoms with Gasteiger partial charge in [-0.1, -0.05) is 46.3 Å². The van der Waals surface area contributed by atoms with Gasteiger partial charge in [0, 0.05) is 0 Å². The van der Waals surface area contributed by atoms with Crippen molar-refractivity contribution in [3.05, 3.63) is 11.6 Å². The van der Waals surface area contributed by atoms with Crippen molar-refractivity contribution in [3.8, 4) is 0 Å². The topological polar surface area (TPSA) is 40.5 Å². The first-order valence-electron chi connectivity index (χ1n) is 13.7. The number of rotatable bonds is 4. The third-order valence-electron chi connectivity index (χ3n) is 12.4. The lowest BCUT2D eigenvalue weighted by Gasteiger charge is -2.70. The van der Waals surface area contributed by atoms with Crippen LogP contribution in [0.1, 0.15) is 120 Å². The summed E-state index contributed by atoms with van der Waals surface area (Å²) in [6.45, 7) is 19.0. The monoisotopic (exact) mass is 444 g/mol. The van der Waals surface area contributed by atoms with Gasteiger partial charge in [0.25, 0.3) is 0 Å². The van der Waals surface area contributed by atoms with Gasteiger partial charge in [0.1, 0.15) is 0 Å². The number of aliphatic hydroxyl groups excluding tert-OH is 1. The minimum absolute atomic E-state index is 0.0267. The maximum atomic E-state index is 11.6. The normalized spacial score (nSPS) is 49.4. The van der Waals surface area contributed by atoms with E-state index in [0.717, 1.165) is 25.2 Å². The molecule has 2 heteroatoms. The lowest BCUT2D eigenvalue weighted by molar-refractivity contribution is -0.225. The van der Waals surface area contributed by atoms with Crippen LogP contribution >= 0.6 is 0 Å². The second-order valence-corrected chi connectivity index (χ2v) is 14.4. The summed E-state index contributed by atoms with van der Waals surface area (Å²) in [5, 5.41) is 22.5. The van der Waals surface area contributed by atoms with E-state index in [0.29, 0.717) is 34.0 Å². The highest BCUT2D eigenvalue weighted by Crippen LogP contribution is 2.75. The van der Waals surface area contributed by atoms with E-state index in [4.69, 9.17) is 0 Å². The third kappa shape index (κ3) is 3.40. The molecule has 0 aromatic heterocycles. The van der Waals surface area contributed by atoms with Crippen LogP contribution in [0.4, 0.5) is 0 Å². The van der Waals surface area contributed by atoms with Gasteiger partial charge >= 0.3 is 0 Å². The van der Waals surface area contributed by atoms with Gasteiger partial charge in [-0.3, -0.25) is 0 Å². The summed E-state index contributed by atoms with van der Waals surface area (Å²) in [4.78, 5) is 0. The molecule has 0 amide bonds. The van der Waals surface area contributed by atoms with Gasteiger partial charge in [-0.15, -0.1) is 0 Å². The molecule has 2 nitrogen and oxygen atoms in total. The van der Waals surface area contributed by atoms with Gasteiger partial charge in [0.05, 0.1) is 11.7 Å². The second-order valence-electron chi connectivity index (χ2n) is 14.4. The van der Waals surface area contributed by atoms with Crippen LogP contribution in [-0.4, -0.2) is 21.9 Å². The van der Waals surface area contributed by atoms with Crippen LogP contribution in [0.2, 0.25) is 0 Å². The van der Waals surface area contributed by atoms with E-state index in [1.54, 1.807) is 0 Å². The van der Waals surface area contributed by atoms with Crippen molar-refractivity contribution in [1.82, 2.24) is 0 Å². The van der Waals surface area contributed by atoms with Crippen LogP contribution in [0.25, 0.3) is 0 Å². The summed E-state index contributed by atoms with van der Waals surface area (Å²) in [6, 6.07) is 0. The Morgan fingerprint density at radius 1 is 0.875 bits per heavy atom. The van der Waals surface area contributed by atoms with E-state index >= 15 is 0 Å². The van der Waals surface area contributed by atoms with Crippen LogP contribution in [0.15, 0.2) is 11.6 Å². The maximum Gasteiger partial charge on any atom is 0.0653 e. The Kier molecular flexibility index (Phi) is 6.07. The Balaban J connectivity index is 1.61. The van der Waals surface area contributed by atoms with E-state index in [1.807, 2.05) is 0 Å². The average Bonchev–Trinajstić information content (AvgIpc) is 3.04. The SMILES string of the molecule is CC(C)=CCC[C@](C)(O)[C@H]1CC[C@]2(C)C1CCC1[C@@]3(C)CC[C@H](O)C(C)(C)C3CC[C@]12C. The van der Waals surface area contributed by atoms with Crippen molar-refractivity contribution < 1.29 is 10.2 Å². The van der Waals surface area contributed by atoms with Gasteiger partial charge in [-0.25, -0.2) is 0 Å². The Morgan fingerprint density at radius 3 is 2.19 bits per heavy atom. The Bertz CT molecular complexity index is 746. The third-order valence-corrected chi connectivity index (χ3v) is 12.4. The van der Waals surface area contributed by atoms with Crippen molar-refractivity contribution >= 4 is 0 Å². The molecule has 4 saturated carbocycles. The molecule has 4 aliphatic carbocycles. The van der Waals surface area contributed by atoms with E-state index in [1.165, 1.54) is 50.5 Å². The molecule has 2 N–H and O–H groups in total. The van der Waals surface area contributed by atoms with Crippen LogP contribution in [0.3, 0.4) is 0 Å². The van der Waals surface area contributed by atoms with E-state index in [2.05, 4.69) is 61.5 Å². The summed E-state index contributed by atoms with van der Waals surface area (Å²) in [5.41, 5.74) is 1.84. The van der Waals surface area contributed by atoms with Crippen molar-refractivity contribution in [2.24, 2.45) is 45.3 Å². The Labute approximate surface area is 198 Å². The first kappa shape index (κ1) is 24.8. The summed E-state index contributed by atoms with van der Waals surface area (Å²) in [7, 11) is 0. The number of hydrogen-bond donors (Lipinski definition) is 2. The minimum atomic E-state index is -0.560. The number of fused-ring (bicyclic) bond motifs is 5. The molecule has 3 unspecified atom stereocenters. The highest BCUT2D eigenvalue weighted by Gasteiger charge is 2.69. The molecule has 0 aromatic carbocycles. The lowest BCUT2D eigenvalue weighted by atomic mass is 9.35. The van der Waals surface area contributed by atoms with Gasteiger partial charge in [-0.05, 0) is 130 Å². The van der Waals surface area contributed by atoms with Crippen molar-refractivity contribution in [1.29, 1.82) is 0 Å². The van der Waals surface area contributed by atoms with Gasteiger partial charge in [0.15, 0.2) is 0 Å². The molecule has 0 heterocycles. The number of hydrogen-bond acceptors (Lipinski definition) is 2. The molecule has 4 fully saturated rings. The molecule has 4 aliphatic rings. The quantitative estimate of drug-likeness (QED) is 0.440. The van der Waals surface area contributed by atoms with Crippen LogP contribution < -0.4 is 0 Å². The van der Waals surface area contributed by atoms with E-state index in [9.17, 15) is 10.2 Å². The van der Waals surface area contributed by atoms with Gasteiger partial charge in [0.2, 0.25) is 0 Å². The fraction of sp³-hybridized carbons (Fsp3) is 0.933. The lowest BCUT2D eigenvalue weighted by Crippen LogP contribution is -2.64. The number of aliphatic hydroxyl groups is 2. The molecular formula is C30H52O2. The van der Waals surface area contributed by atoms with Crippen molar-refractivity contribution in [2.45, 2.75) is 131 Å². The molecule has 0 saturated heterocycles. The highest BCUT2D eigenvalue weighted by atomic mass is 16.3. The molecular weight excluding hydrogens is 392 g/mol. The maximum absolute atomic E-state index is 11.6. The predicted molar refractivity (Wildman–Crippen MR) is 134 cm³/mol. The van der Waals surface area contributed by atoms with E-state index in [-0.39, 0.29) is 11.5 Å². The zero-order chi connectivity index (χ0) is 23.7. The minimum Gasteiger partial charge on any atom is -0.393 e. The second kappa shape index (κ2) is 7.84. The zero-order valence-corrected chi connectivity index (χ0v) is 22.4. The van der Waals surface area contributed by atoms with Crippen molar-refractivity contribution in [3.63, 3.8) is 0 Å². The van der Waals surface area contributed by atoms with Crippen LogP contribution in [0, 0.1) is 45.3 Å². The Morgan fingerprint density at radius 2 is 1.53 bits per heavy atom. The fourth-order valence-electron chi connectivity index (χ4n) is 10.3. The molecule has 0 aliphatic heterocycles. The molecule has 9 atom stereocenters. The molecule has 184 valence electrons. The first-order valence-corrected chi connectivity index (χ1v) is 13.7. The van der Waals surface area contributed by atoms with E-state index < -0.39 is 5.60 Å². The standard InChI is InChI=1S/C30H52O2/c1-20(2)10-9-16-30(8,32)22-13-18-28(6)21(22)11-12-24-27(5)17-15-25(31)26(3,4)23(27)14-19-29(24,28)7/h10,21-25,31-32H,9,11-19H2,1-8H3/t21?,22-,23?,24?,25-,27-,28+,29+,30-/m0/s1. The smallest absolute Gasteiger partial charge is 0.0653 e. The fourth-order valence-corrected chi connectivity index (χ4v) is 10.3. The van der Waals surface area contributed by atoms with Gasteiger partial charge in [-0.2, -0.15) is 0 Å². The Hall–Kier alpha value is -0.340. The van der Waals surface area contributed by atoms with Crippen LogP contribution in [-0.2, 0) is 0 Å². The molecule has 0 radical (unpaired) electrons. The predicted octanol–water partition coefficient (Wildman–Crippen LogP) is 7.53. The largest absolute Gasteiger partial charge is 0.393 e. The molecule has 0 spiro atoms. The molecule has 32 heavy (non-hydrogen) atoms. The van der Waals surface area contributed by atoms with Crippen molar-refractivity contribution in [2.75, 3.05) is 0 Å². The first-order chi connectivity index (χ1) is 14.7. The highest BCUT2D eigenvalue weighted by molar-refractivity contribution is 5.18. The average molecular weight is 445 g/mol. The summed E-state index contributed by atoms with van der Waals surface area (Å²) in [6.07, 6.45) is 13.8. The summed E-state index contributed by atoms with van der Waals surface area (Å²) < 4.78 is 0. The van der Waals surface area contributed by atoms with Crippen LogP contribution in [0.5, 0.6) is 0 Å². The summed E-state index contributed by atoms with van der Waals surface area (Å²) >= 11 is 0. The number of allylic oxidation sites excluding steroid dienone is 2. The summed E-state index contributed by atoms with van der Waals surface area (Å²) in [5.74, 6) is 2.45.